The SMILES string of the molecule is O=C(Nc1cccc(SCC(=O)c2ccc(-c3ccccc3)cc2)c1)/C(=C/c1ccc([N+](=O)[O-])cc1)NC(=O)c1ccccc1. The van der Waals surface area contributed by atoms with Gasteiger partial charge in [-0.1, -0.05) is 78.9 Å². The minimum absolute atomic E-state index is 0.0222. The zero-order valence-corrected chi connectivity index (χ0v) is 24.7. The number of hydrogen-bond acceptors (Lipinski definition) is 6. The third kappa shape index (κ3) is 8.40. The molecule has 0 aromatic heterocycles. The fourth-order valence-electron chi connectivity index (χ4n) is 4.37. The Morgan fingerprint density at radius 2 is 1.36 bits per heavy atom. The van der Waals surface area contributed by atoms with E-state index in [0.717, 1.165) is 16.0 Å². The molecular formula is C36H27N3O5S. The fourth-order valence-corrected chi connectivity index (χ4v) is 5.22. The number of ketones is 1. The molecule has 0 unspecified atom stereocenters. The Morgan fingerprint density at radius 1 is 0.711 bits per heavy atom. The van der Waals surface area contributed by atoms with Crippen molar-refractivity contribution in [2.75, 3.05) is 11.1 Å². The van der Waals surface area contributed by atoms with Crippen molar-refractivity contribution in [1.29, 1.82) is 0 Å². The van der Waals surface area contributed by atoms with E-state index in [4.69, 9.17) is 0 Å². The number of rotatable bonds is 11. The van der Waals surface area contributed by atoms with Gasteiger partial charge in [-0.25, -0.2) is 0 Å². The number of nitrogens with one attached hydrogen (secondary N) is 2. The van der Waals surface area contributed by atoms with Gasteiger partial charge < -0.3 is 10.6 Å². The lowest BCUT2D eigenvalue weighted by atomic mass is 10.0. The molecule has 0 saturated carbocycles. The van der Waals surface area contributed by atoms with Gasteiger partial charge in [0.25, 0.3) is 17.5 Å². The summed E-state index contributed by atoms with van der Waals surface area (Å²) < 4.78 is 0. The maximum Gasteiger partial charge on any atom is 0.272 e. The Hall–Kier alpha value is -5.80. The second kappa shape index (κ2) is 14.6. The van der Waals surface area contributed by atoms with E-state index >= 15 is 0 Å². The molecule has 45 heavy (non-hydrogen) atoms. The Labute approximate surface area is 264 Å². The van der Waals surface area contributed by atoms with Crippen molar-refractivity contribution >= 4 is 46.8 Å². The number of anilines is 1. The molecule has 5 aromatic rings. The molecule has 0 atom stereocenters. The van der Waals surface area contributed by atoms with E-state index in [2.05, 4.69) is 10.6 Å². The first-order chi connectivity index (χ1) is 21.9. The first-order valence-electron chi connectivity index (χ1n) is 13.9. The van der Waals surface area contributed by atoms with Gasteiger partial charge in [-0.3, -0.25) is 24.5 Å². The number of nitro groups is 1. The first-order valence-corrected chi connectivity index (χ1v) is 14.9. The van der Waals surface area contributed by atoms with Crippen LogP contribution in [0.1, 0.15) is 26.3 Å². The largest absolute Gasteiger partial charge is 0.321 e. The number of nitro benzene ring substituents is 1. The van der Waals surface area contributed by atoms with Gasteiger partial charge in [0.15, 0.2) is 5.78 Å². The summed E-state index contributed by atoms with van der Waals surface area (Å²) >= 11 is 1.35. The lowest BCUT2D eigenvalue weighted by Crippen LogP contribution is -2.30. The van der Waals surface area contributed by atoms with E-state index in [1.807, 2.05) is 60.7 Å². The second-order valence-electron chi connectivity index (χ2n) is 9.86. The summed E-state index contributed by atoms with van der Waals surface area (Å²) in [6.45, 7) is 0. The lowest BCUT2D eigenvalue weighted by molar-refractivity contribution is -0.384. The molecule has 5 rings (SSSR count). The summed E-state index contributed by atoms with van der Waals surface area (Å²) in [5.41, 5.74) is 3.89. The molecule has 0 saturated heterocycles. The topological polar surface area (TPSA) is 118 Å². The highest BCUT2D eigenvalue weighted by atomic mass is 32.2. The summed E-state index contributed by atoms with van der Waals surface area (Å²) in [6.07, 6.45) is 1.44. The molecule has 5 aromatic carbocycles. The van der Waals surface area contributed by atoms with Gasteiger partial charge in [-0.2, -0.15) is 0 Å². The van der Waals surface area contributed by atoms with Crippen molar-refractivity contribution in [3.8, 4) is 11.1 Å². The van der Waals surface area contributed by atoms with Gasteiger partial charge in [0.2, 0.25) is 0 Å². The molecule has 0 radical (unpaired) electrons. The van der Waals surface area contributed by atoms with E-state index in [1.165, 1.54) is 42.1 Å². The van der Waals surface area contributed by atoms with Gasteiger partial charge in [-0.15, -0.1) is 11.8 Å². The number of thioether (sulfide) groups is 1. The molecule has 222 valence electrons. The molecule has 0 fully saturated rings. The zero-order chi connectivity index (χ0) is 31.6. The molecule has 0 aliphatic heterocycles. The summed E-state index contributed by atoms with van der Waals surface area (Å²) in [6, 6.07) is 38.6. The van der Waals surface area contributed by atoms with Gasteiger partial charge in [-0.05, 0) is 65.2 Å². The van der Waals surface area contributed by atoms with Gasteiger partial charge in [0, 0.05) is 33.8 Å². The Bertz CT molecular complexity index is 1860. The highest BCUT2D eigenvalue weighted by molar-refractivity contribution is 8.00. The fraction of sp³-hybridized carbons (Fsp3) is 0.0278. The van der Waals surface area contributed by atoms with Crippen molar-refractivity contribution in [2.45, 2.75) is 4.90 Å². The third-order valence-electron chi connectivity index (χ3n) is 6.72. The normalized spacial score (nSPS) is 11.0. The lowest BCUT2D eigenvalue weighted by Gasteiger charge is -2.12. The molecule has 0 aliphatic carbocycles. The van der Waals surface area contributed by atoms with Crippen LogP contribution in [0.2, 0.25) is 0 Å². The predicted molar refractivity (Wildman–Crippen MR) is 177 cm³/mol. The number of hydrogen-bond donors (Lipinski definition) is 2. The first kappa shape index (κ1) is 30.7. The number of nitrogens with zero attached hydrogens (tertiary/aromatic N) is 1. The van der Waals surface area contributed by atoms with Crippen LogP contribution < -0.4 is 10.6 Å². The number of carbonyl (C=O) groups excluding carboxylic acids is 3. The minimum Gasteiger partial charge on any atom is -0.321 e. The van der Waals surface area contributed by atoms with Gasteiger partial charge in [0.1, 0.15) is 5.70 Å². The zero-order valence-electron chi connectivity index (χ0n) is 23.9. The predicted octanol–water partition coefficient (Wildman–Crippen LogP) is 7.65. The van der Waals surface area contributed by atoms with Crippen LogP contribution in [0.3, 0.4) is 0 Å². The van der Waals surface area contributed by atoms with E-state index in [-0.39, 0.29) is 22.9 Å². The number of Topliss-reactive ketones (excluding diaryl/α,β-unsaturated/α-hetero) is 1. The van der Waals surface area contributed by atoms with Crippen LogP contribution in [-0.4, -0.2) is 28.3 Å². The molecule has 0 aliphatic rings. The number of amides is 2. The maximum absolute atomic E-state index is 13.4. The smallest absolute Gasteiger partial charge is 0.272 e. The van der Waals surface area contributed by atoms with E-state index in [9.17, 15) is 24.5 Å². The molecule has 2 amide bonds. The van der Waals surface area contributed by atoms with E-state index < -0.39 is 16.7 Å². The molecule has 0 bridgehead atoms. The monoisotopic (exact) mass is 613 g/mol. The Morgan fingerprint density at radius 3 is 2.02 bits per heavy atom. The molecule has 8 nitrogen and oxygen atoms in total. The van der Waals surface area contributed by atoms with Crippen molar-refractivity contribution in [2.24, 2.45) is 0 Å². The van der Waals surface area contributed by atoms with E-state index in [0.29, 0.717) is 22.4 Å². The average molecular weight is 614 g/mol. The van der Waals surface area contributed by atoms with Crippen LogP contribution in [0.15, 0.2) is 144 Å². The third-order valence-corrected chi connectivity index (χ3v) is 7.71. The van der Waals surface area contributed by atoms with Crippen molar-refractivity contribution < 1.29 is 19.3 Å². The Balaban J connectivity index is 1.27. The average Bonchev–Trinajstić information content (AvgIpc) is 3.08. The molecule has 9 heteroatoms. The van der Waals surface area contributed by atoms with Crippen molar-refractivity contribution in [3.05, 3.63) is 166 Å². The molecular weight excluding hydrogens is 586 g/mol. The van der Waals surface area contributed by atoms with Crippen LogP contribution in [0.4, 0.5) is 11.4 Å². The van der Waals surface area contributed by atoms with E-state index in [1.54, 1.807) is 48.5 Å². The Kier molecular flexibility index (Phi) is 9.94. The summed E-state index contributed by atoms with van der Waals surface area (Å²) in [5, 5.41) is 16.5. The number of carbonyl (C=O) groups is 3. The quantitative estimate of drug-likeness (QED) is 0.0520. The van der Waals surface area contributed by atoms with Gasteiger partial charge in [0.05, 0.1) is 10.7 Å². The number of benzene rings is 5. The van der Waals surface area contributed by atoms with Crippen LogP contribution in [-0.2, 0) is 4.79 Å². The van der Waals surface area contributed by atoms with Crippen LogP contribution in [0.5, 0.6) is 0 Å². The van der Waals surface area contributed by atoms with Gasteiger partial charge >= 0.3 is 0 Å². The minimum atomic E-state index is -0.589. The molecule has 0 heterocycles. The highest BCUT2D eigenvalue weighted by Crippen LogP contribution is 2.25. The molecule has 2 N–H and O–H groups in total. The van der Waals surface area contributed by atoms with Crippen molar-refractivity contribution in [3.63, 3.8) is 0 Å². The van der Waals surface area contributed by atoms with Crippen molar-refractivity contribution in [1.82, 2.24) is 5.32 Å². The summed E-state index contributed by atoms with van der Waals surface area (Å²) in [4.78, 5) is 50.5. The summed E-state index contributed by atoms with van der Waals surface area (Å²) in [5.74, 6) is -0.889. The van der Waals surface area contributed by atoms with Crippen LogP contribution in [0.25, 0.3) is 17.2 Å². The molecule has 0 spiro atoms. The second-order valence-corrected chi connectivity index (χ2v) is 10.9. The number of non-ortho nitro benzene ring substituents is 1. The maximum atomic E-state index is 13.4. The standard InChI is InChI=1S/C36H27N3O5S/c40-34(28-18-16-27(17-19-28)26-8-3-1-4-9-26)24-45-32-13-7-12-30(23-32)37-36(42)33(38-35(41)29-10-5-2-6-11-29)22-25-14-20-31(21-15-25)39(43)44/h1-23H,24H2,(H,37,42)(H,38,41)/b33-22-. The van der Waals surface area contributed by atoms with Crippen LogP contribution in [0, 0.1) is 10.1 Å². The highest BCUT2D eigenvalue weighted by Gasteiger charge is 2.16. The summed E-state index contributed by atoms with van der Waals surface area (Å²) in [7, 11) is 0. The van der Waals surface area contributed by atoms with Crippen LogP contribution >= 0.6 is 11.8 Å².